The molecule has 0 aliphatic carbocycles. The van der Waals surface area contributed by atoms with Gasteiger partial charge in [-0.05, 0) is 52.2 Å². The van der Waals surface area contributed by atoms with E-state index in [0.29, 0.717) is 11.3 Å². The average Bonchev–Trinajstić information content (AvgIpc) is 3.06. The highest BCUT2D eigenvalue weighted by atomic mass is 32.2. The lowest BCUT2D eigenvalue weighted by Gasteiger charge is -2.21. The zero-order chi connectivity index (χ0) is 20.2. The number of hydrogen-bond acceptors (Lipinski definition) is 5. The van der Waals surface area contributed by atoms with E-state index in [-0.39, 0.29) is 16.8 Å². The van der Waals surface area contributed by atoms with Crippen LogP contribution in [0.25, 0.3) is 0 Å². The average molecular weight is 394 g/mol. The Bertz CT molecular complexity index is 873. The van der Waals surface area contributed by atoms with Crippen molar-refractivity contribution in [2.75, 3.05) is 33.0 Å². The number of rotatable bonds is 8. The molecule has 0 atom stereocenters. The number of amides is 1. The van der Waals surface area contributed by atoms with Crippen LogP contribution in [0.1, 0.15) is 24.2 Å². The Labute approximate surface area is 160 Å². The molecule has 0 spiro atoms. The van der Waals surface area contributed by atoms with Gasteiger partial charge in [0.05, 0.1) is 23.3 Å². The van der Waals surface area contributed by atoms with Gasteiger partial charge in [-0.3, -0.25) is 9.48 Å². The minimum Gasteiger partial charge on any atom is -0.319 e. The summed E-state index contributed by atoms with van der Waals surface area (Å²) in [5.74, 6) is -0.316. The Balaban J connectivity index is 2.06. The summed E-state index contributed by atoms with van der Waals surface area (Å²) >= 11 is 0. The van der Waals surface area contributed by atoms with Crippen LogP contribution in [0, 0.1) is 0 Å². The predicted octanol–water partition coefficient (Wildman–Crippen LogP) is 1.73. The molecule has 2 aromatic rings. The van der Waals surface area contributed by atoms with Crippen molar-refractivity contribution in [1.29, 1.82) is 0 Å². The molecule has 148 valence electrons. The highest BCUT2D eigenvalue weighted by Crippen LogP contribution is 2.18. The molecule has 2 rings (SSSR count). The molecule has 1 aromatic heterocycles. The first kappa shape index (κ1) is 21.1. The van der Waals surface area contributed by atoms with Crippen molar-refractivity contribution in [2.24, 2.45) is 0 Å². The van der Waals surface area contributed by atoms with Crippen molar-refractivity contribution in [3.05, 3.63) is 42.2 Å². The van der Waals surface area contributed by atoms with Gasteiger partial charge in [0, 0.05) is 31.4 Å². The van der Waals surface area contributed by atoms with Crippen LogP contribution in [-0.4, -0.2) is 67.0 Å². The Morgan fingerprint density at radius 3 is 2.37 bits per heavy atom. The number of sulfonamides is 1. The van der Waals surface area contributed by atoms with Crippen molar-refractivity contribution in [3.8, 4) is 0 Å². The fraction of sp³-hybridized carbons (Fsp3) is 0.444. The number of nitrogens with zero attached hydrogens (tertiary/aromatic N) is 4. The highest BCUT2D eigenvalue weighted by Gasteiger charge is 2.23. The van der Waals surface area contributed by atoms with Crippen molar-refractivity contribution >= 4 is 21.6 Å². The molecule has 8 nitrogen and oxygen atoms in total. The molecular formula is C18H27N5O3S. The fourth-order valence-corrected chi connectivity index (χ4v) is 3.65. The first-order chi connectivity index (χ1) is 12.6. The third-order valence-electron chi connectivity index (χ3n) is 4.19. The Morgan fingerprint density at radius 2 is 1.81 bits per heavy atom. The number of anilines is 1. The number of likely N-dealkylation sites (N-methyl/N-ethyl adjacent to an activating group) is 1. The van der Waals surface area contributed by atoms with Crippen molar-refractivity contribution in [1.82, 2.24) is 19.0 Å². The van der Waals surface area contributed by atoms with Gasteiger partial charge in [-0.15, -0.1) is 0 Å². The molecule has 1 N–H and O–H groups in total. The smallest absolute Gasteiger partial charge is 0.255 e. The minimum atomic E-state index is -3.57. The van der Waals surface area contributed by atoms with Crippen molar-refractivity contribution in [3.63, 3.8) is 0 Å². The van der Waals surface area contributed by atoms with Gasteiger partial charge in [0.1, 0.15) is 0 Å². The second kappa shape index (κ2) is 8.64. The molecule has 0 saturated heterocycles. The zero-order valence-corrected chi connectivity index (χ0v) is 17.2. The molecule has 1 amide bonds. The van der Waals surface area contributed by atoms with Gasteiger partial charge in [0.2, 0.25) is 10.0 Å². The molecule has 0 radical (unpaired) electrons. The maximum absolute atomic E-state index is 12.5. The second-order valence-electron chi connectivity index (χ2n) is 6.89. The van der Waals surface area contributed by atoms with Gasteiger partial charge < -0.3 is 10.2 Å². The number of aromatic nitrogens is 2. The molecule has 1 aromatic carbocycles. The van der Waals surface area contributed by atoms with E-state index in [1.165, 1.54) is 35.6 Å². The second-order valence-corrected chi connectivity index (χ2v) is 8.89. The molecule has 9 heteroatoms. The summed E-state index contributed by atoms with van der Waals surface area (Å²) in [6, 6.07) is 5.76. The number of nitrogens with one attached hydrogen (secondary N) is 1. The molecule has 0 aliphatic rings. The Morgan fingerprint density at radius 1 is 1.19 bits per heavy atom. The van der Waals surface area contributed by atoms with Crippen LogP contribution in [-0.2, 0) is 16.6 Å². The van der Waals surface area contributed by atoms with Gasteiger partial charge in [-0.25, -0.2) is 8.42 Å². The van der Waals surface area contributed by atoms with Gasteiger partial charge in [-0.2, -0.15) is 9.40 Å². The Hall–Kier alpha value is -2.23. The van der Waals surface area contributed by atoms with E-state index >= 15 is 0 Å². The van der Waals surface area contributed by atoms with Gasteiger partial charge in [0.15, 0.2) is 0 Å². The third-order valence-corrected chi connectivity index (χ3v) is 6.24. The highest BCUT2D eigenvalue weighted by molar-refractivity contribution is 7.89. The van der Waals surface area contributed by atoms with E-state index in [1.807, 2.05) is 19.0 Å². The summed E-state index contributed by atoms with van der Waals surface area (Å²) in [5, 5.41) is 6.98. The lowest BCUT2D eigenvalue weighted by atomic mass is 10.2. The molecule has 0 fully saturated rings. The van der Waals surface area contributed by atoms with Crippen LogP contribution in [0.2, 0.25) is 0 Å². The summed E-state index contributed by atoms with van der Waals surface area (Å²) < 4.78 is 28.0. The van der Waals surface area contributed by atoms with E-state index in [9.17, 15) is 13.2 Å². The van der Waals surface area contributed by atoms with Gasteiger partial charge >= 0.3 is 0 Å². The fourth-order valence-electron chi connectivity index (χ4n) is 2.28. The van der Waals surface area contributed by atoms with Crippen molar-refractivity contribution in [2.45, 2.75) is 31.3 Å². The van der Waals surface area contributed by atoms with E-state index in [1.54, 1.807) is 30.9 Å². The molecule has 0 unspecified atom stereocenters. The quantitative estimate of drug-likeness (QED) is 0.738. The van der Waals surface area contributed by atoms with Crippen LogP contribution in [0.4, 0.5) is 5.69 Å². The summed E-state index contributed by atoms with van der Waals surface area (Å²) in [7, 11) is 1.93. The van der Waals surface area contributed by atoms with E-state index < -0.39 is 10.0 Å². The molecule has 1 heterocycles. The van der Waals surface area contributed by atoms with Gasteiger partial charge in [0.25, 0.3) is 5.91 Å². The number of carbonyl (C=O) groups excluding carboxylic acids is 1. The van der Waals surface area contributed by atoms with Crippen LogP contribution < -0.4 is 5.32 Å². The summed E-state index contributed by atoms with van der Waals surface area (Å²) in [4.78, 5) is 14.6. The molecule has 0 bridgehead atoms. The standard InChI is InChI=1S/C18H27N5O3S/c1-14(2)22(5)27(25,26)17-8-6-15(7-9-17)18(24)20-16-12-19-23(13-16)11-10-21(3)4/h6-9,12-14H,10-11H2,1-5H3,(H,20,24). The number of hydrogen-bond donors (Lipinski definition) is 1. The molecule has 0 aliphatic heterocycles. The van der Waals surface area contributed by atoms with Crippen LogP contribution in [0.3, 0.4) is 0 Å². The van der Waals surface area contributed by atoms with Gasteiger partial charge in [-0.1, -0.05) is 0 Å². The SMILES string of the molecule is CC(C)N(C)S(=O)(=O)c1ccc(C(=O)Nc2cnn(CCN(C)C)c2)cc1. The minimum absolute atomic E-state index is 0.151. The number of carbonyl (C=O) groups is 1. The van der Waals surface area contributed by atoms with E-state index in [0.717, 1.165) is 13.1 Å². The van der Waals surface area contributed by atoms with E-state index in [2.05, 4.69) is 10.4 Å². The molecule has 27 heavy (non-hydrogen) atoms. The summed E-state index contributed by atoms with van der Waals surface area (Å²) in [5.41, 5.74) is 0.970. The first-order valence-electron chi connectivity index (χ1n) is 8.68. The monoisotopic (exact) mass is 393 g/mol. The van der Waals surface area contributed by atoms with Crippen molar-refractivity contribution < 1.29 is 13.2 Å². The zero-order valence-electron chi connectivity index (χ0n) is 16.4. The van der Waals surface area contributed by atoms with Crippen LogP contribution >= 0.6 is 0 Å². The molecular weight excluding hydrogens is 366 g/mol. The third kappa shape index (κ3) is 5.38. The van der Waals surface area contributed by atoms with Crippen LogP contribution in [0.5, 0.6) is 0 Å². The first-order valence-corrected chi connectivity index (χ1v) is 10.1. The molecule has 0 saturated carbocycles. The normalized spacial score (nSPS) is 12.1. The maximum Gasteiger partial charge on any atom is 0.255 e. The summed E-state index contributed by atoms with van der Waals surface area (Å²) in [6.45, 7) is 5.17. The van der Waals surface area contributed by atoms with E-state index in [4.69, 9.17) is 0 Å². The predicted molar refractivity (Wildman–Crippen MR) is 105 cm³/mol. The lowest BCUT2D eigenvalue weighted by molar-refractivity contribution is 0.102. The Kier molecular flexibility index (Phi) is 6.74. The topological polar surface area (TPSA) is 87.5 Å². The largest absolute Gasteiger partial charge is 0.319 e. The maximum atomic E-state index is 12.5. The van der Waals surface area contributed by atoms with Crippen LogP contribution in [0.15, 0.2) is 41.6 Å². The summed E-state index contributed by atoms with van der Waals surface area (Å²) in [6.07, 6.45) is 3.35. The lowest BCUT2D eigenvalue weighted by Crippen LogP contribution is -2.33. The number of benzene rings is 1.